The van der Waals surface area contributed by atoms with Gasteiger partial charge in [0, 0.05) is 31.1 Å². The Morgan fingerprint density at radius 2 is 2.04 bits per heavy atom. The van der Waals surface area contributed by atoms with Gasteiger partial charge in [-0.1, -0.05) is 18.2 Å². The molecule has 1 aliphatic heterocycles. The fourth-order valence-electron chi connectivity index (χ4n) is 3.28. The summed E-state index contributed by atoms with van der Waals surface area (Å²) in [5.74, 6) is 0.726. The maximum absolute atomic E-state index is 12.6. The molecule has 1 aromatic carbocycles. The number of nitrogens with zero attached hydrogens (tertiary/aromatic N) is 1. The lowest BCUT2D eigenvalue weighted by molar-refractivity contribution is -0.126. The molecule has 5 nitrogen and oxygen atoms in total. The Morgan fingerprint density at radius 3 is 2.76 bits per heavy atom. The quantitative estimate of drug-likeness (QED) is 0.910. The second-order valence-corrected chi connectivity index (χ2v) is 6.65. The molecule has 2 heterocycles. The number of likely N-dealkylation sites (tertiary alicyclic amines) is 1. The monoisotopic (exact) mass is 340 g/mol. The normalized spacial score (nSPS) is 18.6. The van der Waals surface area contributed by atoms with Crippen LogP contribution in [0.15, 0.2) is 53.1 Å². The van der Waals surface area contributed by atoms with E-state index in [1.165, 1.54) is 0 Å². The van der Waals surface area contributed by atoms with E-state index in [1.54, 1.807) is 11.2 Å². The predicted octanol–water partition coefficient (Wildman–Crippen LogP) is 2.88. The topological polar surface area (TPSA) is 62.6 Å². The first-order chi connectivity index (χ1) is 12.1. The second kappa shape index (κ2) is 8.01. The number of hydrogen-bond donors (Lipinski definition) is 1. The molecule has 3 rings (SSSR count). The van der Waals surface area contributed by atoms with Crippen molar-refractivity contribution in [3.63, 3.8) is 0 Å². The zero-order valence-electron chi connectivity index (χ0n) is 14.5. The van der Waals surface area contributed by atoms with Crippen molar-refractivity contribution in [2.24, 2.45) is 5.92 Å². The number of carbonyl (C=O) groups excluding carboxylic acids is 2. The lowest BCUT2D eigenvalue weighted by atomic mass is 9.96. The summed E-state index contributed by atoms with van der Waals surface area (Å²) in [6.07, 6.45) is 3.97. The SMILES string of the molecule is C[C@@H](Cc1ccco1)NC(=O)[C@H]1CCCN(C(=O)c2ccccc2)C1. The minimum atomic E-state index is -0.152. The zero-order chi connectivity index (χ0) is 17.6. The third-order valence-corrected chi connectivity index (χ3v) is 4.58. The first kappa shape index (κ1) is 17.3. The molecular weight excluding hydrogens is 316 g/mol. The number of amides is 2. The van der Waals surface area contributed by atoms with Gasteiger partial charge < -0.3 is 14.6 Å². The van der Waals surface area contributed by atoms with Crippen LogP contribution in [0.3, 0.4) is 0 Å². The molecule has 2 aromatic rings. The molecule has 0 bridgehead atoms. The Labute approximate surface area is 148 Å². The highest BCUT2D eigenvalue weighted by Crippen LogP contribution is 2.19. The largest absolute Gasteiger partial charge is 0.469 e. The van der Waals surface area contributed by atoms with Crippen molar-refractivity contribution in [1.82, 2.24) is 10.2 Å². The predicted molar refractivity (Wildman–Crippen MR) is 95.1 cm³/mol. The molecular formula is C20H24N2O3. The van der Waals surface area contributed by atoms with E-state index < -0.39 is 0 Å². The summed E-state index contributed by atoms with van der Waals surface area (Å²) in [6.45, 7) is 3.16. The second-order valence-electron chi connectivity index (χ2n) is 6.65. The maximum Gasteiger partial charge on any atom is 0.253 e. The third kappa shape index (κ3) is 4.50. The minimum Gasteiger partial charge on any atom is -0.469 e. The van der Waals surface area contributed by atoms with E-state index in [0.29, 0.717) is 25.1 Å². The van der Waals surface area contributed by atoms with Crippen LogP contribution in [-0.2, 0) is 11.2 Å². The standard InChI is InChI=1S/C20H24N2O3/c1-15(13-18-10-6-12-25-18)21-19(23)17-9-5-11-22(14-17)20(24)16-7-3-2-4-8-16/h2-4,6-8,10,12,15,17H,5,9,11,13-14H2,1H3,(H,21,23)/t15-,17-/m0/s1. The first-order valence-corrected chi connectivity index (χ1v) is 8.80. The van der Waals surface area contributed by atoms with Crippen molar-refractivity contribution in [1.29, 1.82) is 0 Å². The molecule has 5 heteroatoms. The van der Waals surface area contributed by atoms with Gasteiger partial charge in [0.2, 0.25) is 5.91 Å². The van der Waals surface area contributed by atoms with Gasteiger partial charge in [0.05, 0.1) is 12.2 Å². The van der Waals surface area contributed by atoms with Crippen molar-refractivity contribution in [3.05, 3.63) is 60.1 Å². The van der Waals surface area contributed by atoms with Gasteiger partial charge in [-0.2, -0.15) is 0 Å². The molecule has 0 spiro atoms. The van der Waals surface area contributed by atoms with Crippen LogP contribution in [0.25, 0.3) is 0 Å². The molecule has 132 valence electrons. The summed E-state index contributed by atoms with van der Waals surface area (Å²) in [5, 5.41) is 3.05. The van der Waals surface area contributed by atoms with Crippen LogP contribution in [0.4, 0.5) is 0 Å². The molecule has 1 aromatic heterocycles. The zero-order valence-corrected chi connectivity index (χ0v) is 14.5. The van der Waals surface area contributed by atoms with Crippen LogP contribution < -0.4 is 5.32 Å². The number of carbonyl (C=O) groups is 2. The number of nitrogens with one attached hydrogen (secondary N) is 1. The lowest BCUT2D eigenvalue weighted by Crippen LogP contribution is -2.47. The Hall–Kier alpha value is -2.56. The third-order valence-electron chi connectivity index (χ3n) is 4.58. The van der Waals surface area contributed by atoms with Crippen molar-refractivity contribution in [3.8, 4) is 0 Å². The summed E-state index contributed by atoms with van der Waals surface area (Å²) < 4.78 is 5.32. The first-order valence-electron chi connectivity index (χ1n) is 8.80. The molecule has 2 atom stereocenters. The molecule has 25 heavy (non-hydrogen) atoms. The number of rotatable bonds is 5. The van der Waals surface area contributed by atoms with E-state index in [9.17, 15) is 9.59 Å². The van der Waals surface area contributed by atoms with Crippen LogP contribution in [0.1, 0.15) is 35.9 Å². The van der Waals surface area contributed by atoms with Crippen molar-refractivity contribution in [2.75, 3.05) is 13.1 Å². The summed E-state index contributed by atoms with van der Waals surface area (Å²) in [6, 6.07) is 13.0. The Balaban J connectivity index is 1.55. The van der Waals surface area contributed by atoms with Gasteiger partial charge in [0.25, 0.3) is 5.91 Å². The highest BCUT2D eigenvalue weighted by atomic mass is 16.3. The van der Waals surface area contributed by atoms with E-state index in [1.807, 2.05) is 49.4 Å². The fourth-order valence-corrected chi connectivity index (χ4v) is 3.28. The van der Waals surface area contributed by atoms with Gasteiger partial charge >= 0.3 is 0 Å². The number of benzene rings is 1. The number of furan rings is 1. The molecule has 1 fully saturated rings. The smallest absolute Gasteiger partial charge is 0.253 e. The van der Waals surface area contributed by atoms with Crippen molar-refractivity contribution >= 4 is 11.8 Å². The van der Waals surface area contributed by atoms with E-state index in [4.69, 9.17) is 4.42 Å². The molecule has 0 unspecified atom stereocenters. The maximum atomic E-state index is 12.6. The molecule has 2 amide bonds. The van der Waals surface area contributed by atoms with Crippen LogP contribution in [0.5, 0.6) is 0 Å². The average Bonchev–Trinajstić information content (AvgIpc) is 3.14. The number of hydrogen-bond acceptors (Lipinski definition) is 3. The minimum absolute atomic E-state index is 0.00106. The van der Waals surface area contributed by atoms with Crippen LogP contribution in [-0.4, -0.2) is 35.8 Å². The van der Waals surface area contributed by atoms with Gasteiger partial charge in [-0.05, 0) is 44.0 Å². The van der Waals surface area contributed by atoms with Gasteiger partial charge in [0.1, 0.15) is 5.76 Å². The Kier molecular flexibility index (Phi) is 5.53. The Bertz CT molecular complexity index is 697. The average molecular weight is 340 g/mol. The fraction of sp³-hybridized carbons (Fsp3) is 0.400. The van der Waals surface area contributed by atoms with E-state index in [0.717, 1.165) is 18.6 Å². The summed E-state index contributed by atoms with van der Waals surface area (Å²) in [7, 11) is 0. The van der Waals surface area contributed by atoms with Gasteiger partial charge in [-0.15, -0.1) is 0 Å². The highest BCUT2D eigenvalue weighted by Gasteiger charge is 2.29. The van der Waals surface area contributed by atoms with Crippen LogP contribution in [0.2, 0.25) is 0 Å². The van der Waals surface area contributed by atoms with Gasteiger partial charge in [0.15, 0.2) is 0 Å². The molecule has 0 aliphatic carbocycles. The summed E-state index contributed by atoms with van der Waals surface area (Å²) in [5.41, 5.74) is 0.676. The highest BCUT2D eigenvalue weighted by molar-refractivity contribution is 5.94. The molecule has 1 saturated heterocycles. The molecule has 0 saturated carbocycles. The van der Waals surface area contributed by atoms with Crippen molar-refractivity contribution in [2.45, 2.75) is 32.2 Å². The van der Waals surface area contributed by atoms with Gasteiger partial charge in [-0.3, -0.25) is 9.59 Å². The van der Waals surface area contributed by atoms with Crippen molar-refractivity contribution < 1.29 is 14.0 Å². The van der Waals surface area contributed by atoms with E-state index in [-0.39, 0.29) is 23.8 Å². The Morgan fingerprint density at radius 1 is 1.24 bits per heavy atom. The van der Waals surface area contributed by atoms with E-state index >= 15 is 0 Å². The van der Waals surface area contributed by atoms with Gasteiger partial charge in [-0.25, -0.2) is 0 Å². The number of piperidine rings is 1. The van der Waals surface area contributed by atoms with E-state index in [2.05, 4.69) is 5.32 Å². The molecule has 1 N–H and O–H groups in total. The van der Waals surface area contributed by atoms with Crippen LogP contribution >= 0.6 is 0 Å². The summed E-state index contributed by atoms with van der Waals surface area (Å²) in [4.78, 5) is 26.9. The molecule has 1 aliphatic rings. The summed E-state index contributed by atoms with van der Waals surface area (Å²) >= 11 is 0. The lowest BCUT2D eigenvalue weighted by Gasteiger charge is -2.32. The van der Waals surface area contributed by atoms with Crippen LogP contribution in [0, 0.1) is 5.92 Å². The molecule has 0 radical (unpaired) electrons.